The van der Waals surface area contributed by atoms with Crippen LogP contribution in [0.5, 0.6) is 0 Å². The molecule has 2 rings (SSSR count). The number of aromatic nitrogens is 1. The molecule has 0 spiro atoms. The lowest BCUT2D eigenvalue weighted by atomic mass is 9.71. The zero-order valence-corrected chi connectivity index (χ0v) is 8.83. The van der Waals surface area contributed by atoms with E-state index in [1.165, 1.54) is 6.42 Å². The van der Waals surface area contributed by atoms with Crippen LogP contribution < -0.4 is 0 Å². The van der Waals surface area contributed by atoms with Crippen LogP contribution in [0.4, 0.5) is 0 Å². The van der Waals surface area contributed by atoms with Gasteiger partial charge in [-0.05, 0) is 38.2 Å². The minimum absolute atomic E-state index is 0.422. The van der Waals surface area contributed by atoms with Crippen LogP contribution in [0.2, 0.25) is 0 Å². The molecule has 1 aliphatic rings. The van der Waals surface area contributed by atoms with E-state index in [2.05, 4.69) is 4.98 Å². The van der Waals surface area contributed by atoms with Gasteiger partial charge in [-0.25, -0.2) is 0 Å². The molecular formula is C12H17NO. The van der Waals surface area contributed by atoms with Crippen LogP contribution in [0.25, 0.3) is 0 Å². The van der Waals surface area contributed by atoms with Crippen LogP contribution >= 0.6 is 0 Å². The zero-order valence-electron chi connectivity index (χ0n) is 8.83. The Morgan fingerprint density at radius 2 is 2.14 bits per heavy atom. The number of pyridine rings is 1. The summed E-state index contributed by atoms with van der Waals surface area (Å²) in [6.07, 6.45) is 7.13. The molecule has 0 aromatic carbocycles. The van der Waals surface area contributed by atoms with Crippen molar-refractivity contribution in [1.29, 1.82) is 0 Å². The molecule has 1 fully saturated rings. The maximum absolute atomic E-state index is 10.4. The molecule has 1 aromatic heterocycles. The molecule has 76 valence electrons. The molecule has 0 saturated heterocycles. The van der Waals surface area contributed by atoms with Gasteiger partial charge < -0.3 is 5.11 Å². The normalized spacial score (nSPS) is 21.4. The fraction of sp³-hybridized carbons (Fsp3) is 0.583. The fourth-order valence-electron chi connectivity index (χ4n) is 2.04. The first-order chi connectivity index (χ1) is 6.60. The first kappa shape index (κ1) is 9.66. The van der Waals surface area contributed by atoms with Gasteiger partial charge in [0.15, 0.2) is 0 Å². The lowest BCUT2D eigenvalue weighted by Crippen LogP contribution is -2.36. The molecule has 0 radical (unpaired) electrons. The van der Waals surface area contributed by atoms with E-state index in [4.69, 9.17) is 0 Å². The van der Waals surface area contributed by atoms with Crippen molar-refractivity contribution in [3.8, 4) is 0 Å². The van der Waals surface area contributed by atoms with Gasteiger partial charge in [-0.15, -0.1) is 0 Å². The van der Waals surface area contributed by atoms with E-state index < -0.39 is 5.60 Å². The Hall–Kier alpha value is -0.890. The largest absolute Gasteiger partial charge is 0.385 e. The summed E-state index contributed by atoms with van der Waals surface area (Å²) in [4.78, 5) is 4.13. The van der Waals surface area contributed by atoms with Gasteiger partial charge in [0.2, 0.25) is 0 Å². The number of hydrogen-bond donors (Lipinski definition) is 1. The summed E-state index contributed by atoms with van der Waals surface area (Å²) >= 11 is 0. The number of nitrogens with zero attached hydrogens (tertiary/aromatic N) is 1. The molecule has 1 saturated carbocycles. The highest BCUT2D eigenvalue weighted by Crippen LogP contribution is 2.41. The molecule has 14 heavy (non-hydrogen) atoms. The average Bonchev–Trinajstić information content (AvgIpc) is 2.00. The maximum atomic E-state index is 10.4. The molecular weight excluding hydrogens is 174 g/mol. The Bertz CT molecular complexity index is 329. The maximum Gasteiger partial charge on any atom is 0.0911 e. The highest BCUT2D eigenvalue weighted by Gasteiger charge is 2.37. The second kappa shape index (κ2) is 3.35. The van der Waals surface area contributed by atoms with E-state index in [0.29, 0.717) is 5.92 Å². The van der Waals surface area contributed by atoms with E-state index in [-0.39, 0.29) is 0 Å². The van der Waals surface area contributed by atoms with Gasteiger partial charge in [-0.3, -0.25) is 4.98 Å². The molecule has 2 nitrogen and oxygen atoms in total. The minimum Gasteiger partial charge on any atom is -0.385 e. The molecule has 0 amide bonds. The molecule has 1 aromatic rings. The first-order valence-corrected chi connectivity index (χ1v) is 5.25. The third kappa shape index (κ3) is 1.55. The predicted molar refractivity (Wildman–Crippen MR) is 55.9 cm³/mol. The average molecular weight is 191 g/mol. The number of hydrogen-bond acceptors (Lipinski definition) is 2. The Kier molecular flexibility index (Phi) is 2.31. The SMILES string of the molecule is Cc1cncc(C(C)(O)C2CCC2)c1. The van der Waals surface area contributed by atoms with Crippen LogP contribution in [0.1, 0.15) is 37.3 Å². The zero-order chi connectivity index (χ0) is 10.2. The van der Waals surface area contributed by atoms with Gasteiger partial charge in [0.05, 0.1) is 5.60 Å². The van der Waals surface area contributed by atoms with Crippen molar-refractivity contribution in [2.24, 2.45) is 5.92 Å². The van der Waals surface area contributed by atoms with Crippen LogP contribution in [0, 0.1) is 12.8 Å². The minimum atomic E-state index is -0.683. The molecule has 1 heterocycles. The van der Waals surface area contributed by atoms with Crippen molar-refractivity contribution in [3.05, 3.63) is 29.6 Å². The van der Waals surface area contributed by atoms with Crippen LogP contribution in [0.15, 0.2) is 18.5 Å². The van der Waals surface area contributed by atoms with E-state index in [1.54, 1.807) is 6.20 Å². The highest BCUT2D eigenvalue weighted by molar-refractivity contribution is 5.23. The van der Waals surface area contributed by atoms with Crippen molar-refractivity contribution in [1.82, 2.24) is 4.98 Å². The molecule has 2 heteroatoms. The van der Waals surface area contributed by atoms with Crippen molar-refractivity contribution < 1.29 is 5.11 Å². The summed E-state index contributed by atoms with van der Waals surface area (Å²) < 4.78 is 0. The number of rotatable bonds is 2. The molecule has 0 bridgehead atoms. The summed E-state index contributed by atoms with van der Waals surface area (Å²) in [5.74, 6) is 0.422. The van der Waals surface area contributed by atoms with Crippen molar-refractivity contribution >= 4 is 0 Å². The first-order valence-electron chi connectivity index (χ1n) is 5.25. The Morgan fingerprint density at radius 3 is 2.64 bits per heavy atom. The second-order valence-electron chi connectivity index (χ2n) is 4.53. The summed E-state index contributed by atoms with van der Waals surface area (Å²) in [6.45, 7) is 3.92. The van der Waals surface area contributed by atoms with Gasteiger partial charge in [0.1, 0.15) is 0 Å². The summed E-state index contributed by atoms with van der Waals surface area (Å²) in [6, 6.07) is 2.03. The van der Waals surface area contributed by atoms with Crippen LogP contribution in [0.3, 0.4) is 0 Å². The smallest absolute Gasteiger partial charge is 0.0911 e. The number of aryl methyl sites for hydroxylation is 1. The quantitative estimate of drug-likeness (QED) is 0.778. The molecule has 1 N–H and O–H groups in total. The molecule has 1 unspecified atom stereocenters. The standard InChI is InChI=1S/C12H17NO/c1-9-6-11(8-13-7-9)12(2,14)10-4-3-5-10/h6-8,10,14H,3-5H2,1-2H3. The Morgan fingerprint density at radius 1 is 1.43 bits per heavy atom. The Labute approximate surface area is 85.0 Å². The lowest BCUT2D eigenvalue weighted by molar-refractivity contribution is -0.0402. The molecule has 1 atom stereocenters. The third-order valence-corrected chi connectivity index (χ3v) is 3.36. The van der Waals surface area contributed by atoms with E-state index in [0.717, 1.165) is 24.0 Å². The number of aliphatic hydroxyl groups is 1. The van der Waals surface area contributed by atoms with Crippen molar-refractivity contribution in [3.63, 3.8) is 0 Å². The summed E-state index contributed by atoms with van der Waals surface area (Å²) in [5, 5.41) is 10.4. The highest BCUT2D eigenvalue weighted by atomic mass is 16.3. The van der Waals surface area contributed by atoms with Crippen molar-refractivity contribution in [2.75, 3.05) is 0 Å². The molecule has 1 aliphatic carbocycles. The van der Waals surface area contributed by atoms with Gasteiger partial charge in [-0.1, -0.05) is 12.5 Å². The van der Waals surface area contributed by atoms with Gasteiger partial charge >= 0.3 is 0 Å². The van der Waals surface area contributed by atoms with E-state index in [9.17, 15) is 5.11 Å². The van der Waals surface area contributed by atoms with E-state index in [1.807, 2.05) is 26.1 Å². The van der Waals surface area contributed by atoms with Gasteiger partial charge in [0, 0.05) is 18.0 Å². The van der Waals surface area contributed by atoms with E-state index >= 15 is 0 Å². The Balaban J connectivity index is 2.28. The fourth-order valence-corrected chi connectivity index (χ4v) is 2.04. The predicted octanol–water partition coefficient (Wildman–Crippen LogP) is 2.40. The topological polar surface area (TPSA) is 33.1 Å². The monoisotopic (exact) mass is 191 g/mol. The van der Waals surface area contributed by atoms with Crippen LogP contribution in [-0.4, -0.2) is 10.1 Å². The third-order valence-electron chi connectivity index (χ3n) is 3.36. The lowest BCUT2D eigenvalue weighted by Gasteiger charge is -2.39. The summed E-state index contributed by atoms with van der Waals surface area (Å²) in [5.41, 5.74) is 1.39. The van der Waals surface area contributed by atoms with Gasteiger partial charge in [-0.2, -0.15) is 0 Å². The van der Waals surface area contributed by atoms with Gasteiger partial charge in [0.25, 0.3) is 0 Å². The van der Waals surface area contributed by atoms with Crippen molar-refractivity contribution in [2.45, 2.75) is 38.7 Å². The second-order valence-corrected chi connectivity index (χ2v) is 4.53. The summed E-state index contributed by atoms with van der Waals surface area (Å²) in [7, 11) is 0. The van der Waals surface area contributed by atoms with Crippen LogP contribution in [-0.2, 0) is 5.60 Å². The molecule has 0 aliphatic heterocycles.